The van der Waals surface area contributed by atoms with Crippen molar-refractivity contribution >= 4 is 40.6 Å². The Morgan fingerprint density at radius 1 is 0.931 bits per heavy atom. The molecule has 0 aliphatic carbocycles. The molecule has 7 nitrogen and oxygen atoms in total. The molecule has 2 amide bonds. The molecule has 0 fully saturated rings. The molecule has 0 saturated heterocycles. The summed E-state index contributed by atoms with van der Waals surface area (Å²) >= 11 is 12.4. The molecule has 1 aromatic rings. The normalized spacial score (nSPS) is 14.3. The molecule has 0 atom stereocenters. The molecule has 2 rings (SSSR count). The molecule has 0 radical (unpaired) electrons. The van der Waals surface area contributed by atoms with Crippen LogP contribution in [0.2, 0.25) is 10.0 Å². The van der Waals surface area contributed by atoms with Crippen molar-refractivity contribution in [2.24, 2.45) is 0 Å². The predicted octanol–water partition coefficient (Wildman–Crippen LogP) is 2.70. The van der Waals surface area contributed by atoms with E-state index >= 15 is 0 Å². The Labute approximate surface area is 181 Å². The number of amides is 2. The first-order chi connectivity index (χ1) is 14.0. The lowest BCUT2D eigenvalue weighted by atomic mass is 10.0. The molecular weight excluding hydrogens is 419 g/mol. The van der Waals surface area contributed by atoms with E-state index in [-0.39, 0.29) is 23.9 Å². The van der Waals surface area contributed by atoms with E-state index in [1.807, 2.05) is 4.90 Å². The SMILES string of the molecule is COCCCN1C(=O)C(c2ccc(Cl)cc2Cl)=C(N(CCOC)CCOC)C1=O. The molecule has 1 aromatic carbocycles. The van der Waals surface area contributed by atoms with Crippen LogP contribution in [0.1, 0.15) is 12.0 Å². The average Bonchev–Trinajstić information content (AvgIpc) is 2.93. The standard InChI is InChI=1S/C20H26Cl2N2O5/c1-27-10-4-7-24-19(25)17(15-6-5-14(21)13-16(15)22)18(20(24)26)23(8-11-28-2)9-12-29-3/h5-6,13H,4,7-12H2,1-3H3. The van der Waals surface area contributed by atoms with Gasteiger partial charge in [-0.2, -0.15) is 0 Å². The second kappa shape index (κ2) is 11.5. The van der Waals surface area contributed by atoms with Crippen LogP contribution in [0.4, 0.5) is 0 Å². The fourth-order valence-electron chi connectivity index (χ4n) is 3.10. The highest BCUT2D eigenvalue weighted by atomic mass is 35.5. The molecule has 1 heterocycles. The van der Waals surface area contributed by atoms with Crippen LogP contribution >= 0.6 is 23.2 Å². The number of carbonyl (C=O) groups is 2. The number of nitrogens with zero attached hydrogens (tertiary/aromatic N) is 2. The predicted molar refractivity (Wildman–Crippen MR) is 112 cm³/mol. The maximum atomic E-state index is 13.3. The zero-order valence-electron chi connectivity index (χ0n) is 16.9. The van der Waals surface area contributed by atoms with Crippen LogP contribution in [0, 0.1) is 0 Å². The lowest BCUT2D eigenvalue weighted by Crippen LogP contribution is -2.38. The van der Waals surface area contributed by atoms with Gasteiger partial charge in [0, 0.05) is 58.2 Å². The zero-order chi connectivity index (χ0) is 21.4. The summed E-state index contributed by atoms with van der Waals surface area (Å²) in [5.41, 5.74) is 1.03. The minimum atomic E-state index is -0.384. The van der Waals surface area contributed by atoms with Crippen LogP contribution in [0.15, 0.2) is 23.9 Å². The summed E-state index contributed by atoms with van der Waals surface area (Å²) in [6.07, 6.45) is 0.541. The highest BCUT2D eigenvalue weighted by Crippen LogP contribution is 2.36. The van der Waals surface area contributed by atoms with Gasteiger partial charge >= 0.3 is 0 Å². The molecule has 1 aliphatic rings. The Hall–Kier alpha value is -1.64. The largest absolute Gasteiger partial charge is 0.385 e. The van der Waals surface area contributed by atoms with Gasteiger partial charge < -0.3 is 19.1 Å². The highest BCUT2D eigenvalue weighted by molar-refractivity contribution is 6.41. The molecule has 9 heteroatoms. The maximum absolute atomic E-state index is 13.3. The summed E-state index contributed by atoms with van der Waals surface area (Å²) in [5, 5.41) is 0.758. The van der Waals surface area contributed by atoms with E-state index in [0.29, 0.717) is 60.6 Å². The van der Waals surface area contributed by atoms with Crippen LogP contribution < -0.4 is 0 Å². The van der Waals surface area contributed by atoms with E-state index in [0.717, 1.165) is 0 Å². The topological polar surface area (TPSA) is 68.3 Å². The van der Waals surface area contributed by atoms with Gasteiger partial charge in [0.25, 0.3) is 11.8 Å². The van der Waals surface area contributed by atoms with Gasteiger partial charge in [0.15, 0.2) is 0 Å². The molecule has 0 bridgehead atoms. The van der Waals surface area contributed by atoms with Crippen molar-refractivity contribution in [1.29, 1.82) is 0 Å². The van der Waals surface area contributed by atoms with E-state index < -0.39 is 0 Å². The average molecular weight is 445 g/mol. The molecule has 0 spiro atoms. The van der Waals surface area contributed by atoms with Crippen molar-refractivity contribution < 1.29 is 23.8 Å². The van der Waals surface area contributed by atoms with E-state index in [1.165, 1.54) is 4.90 Å². The van der Waals surface area contributed by atoms with Crippen LogP contribution in [-0.4, -0.2) is 82.4 Å². The Bertz CT molecular complexity index is 761. The van der Waals surface area contributed by atoms with Gasteiger partial charge in [-0.15, -0.1) is 0 Å². The van der Waals surface area contributed by atoms with Crippen molar-refractivity contribution in [3.63, 3.8) is 0 Å². The summed E-state index contributed by atoms with van der Waals surface area (Å²) in [6.45, 7) is 2.33. The van der Waals surface area contributed by atoms with Gasteiger partial charge in [0.2, 0.25) is 0 Å². The number of hydrogen-bond donors (Lipinski definition) is 0. The molecule has 29 heavy (non-hydrogen) atoms. The second-order valence-electron chi connectivity index (χ2n) is 6.43. The summed E-state index contributed by atoms with van der Waals surface area (Å²) in [4.78, 5) is 29.5. The third-order valence-electron chi connectivity index (χ3n) is 4.52. The number of methoxy groups -OCH3 is 3. The quantitative estimate of drug-likeness (QED) is 0.364. The van der Waals surface area contributed by atoms with Crippen molar-refractivity contribution in [3.8, 4) is 0 Å². The summed E-state index contributed by atoms with van der Waals surface area (Å²) in [6, 6.07) is 4.87. The molecule has 0 N–H and O–H groups in total. The third kappa shape index (κ3) is 5.71. The molecular formula is C20H26Cl2N2O5. The number of benzene rings is 1. The second-order valence-corrected chi connectivity index (χ2v) is 7.27. The van der Waals surface area contributed by atoms with Gasteiger partial charge in [0.1, 0.15) is 5.70 Å². The Morgan fingerprint density at radius 2 is 1.55 bits per heavy atom. The molecule has 0 unspecified atom stereocenters. The van der Waals surface area contributed by atoms with Gasteiger partial charge in [-0.05, 0) is 18.6 Å². The van der Waals surface area contributed by atoms with E-state index in [9.17, 15) is 9.59 Å². The van der Waals surface area contributed by atoms with Crippen LogP contribution in [-0.2, 0) is 23.8 Å². The first-order valence-corrected chi connectivity index (χ1v) is 9.99. The minimum Gasteiger partial charge on any atom is -0.385 e. The molecule has 0 saturated carbocycles. The number of hydrogen-bond acceptors (Lipinski definition) is 6. The van der Waals surface area contributed by atoms with Crippen molar-refractivity contribution in [2.45, 2.75) is 6.42 Å². The first-order valence-electron chi connectivity index (χ1n) is 9.23. The third-order valence-corrected chi connectivity index (χ3v) is 5.07. The van der Waals surface area contributed by atoms with E-state index in [4.69, 9.17) is 37.4 Å². The lowest BCUT2D eigenvalue weighted by Gasteiger charge is -2.25. The van der Waals surface area contributed by atoms with Gasteiger partial charge in [-0.1, -0.05) is 29.3 Å². The maximum Gasteiger partial charge on any atom is 0.277 e. The number of halogens is 2. The Balaban J connectivity index is 2.52. The Kier molecular flexibility index (Phi) is 9.39. The summed E-state index contributed by atoms with van der Waals surface area (Å²) in [5.74, 6) is -0.746. The number of imide groups is 1. The molecule has 1 aliphatic heterocycles. The van der Waals surface area contributed by atoms with Gasteiger partial charge in [-0.3, -0.25) is 14.5 Å². The number of carbonyl (C=O) groups excluding carboxylic acids is 2. The fraction of sp³-hybridized carbons (Fsp3) is 0.500. The highest BCUT2D eigenvalue weighted by Gasteiger charge is 2.41. The lowest BCUT2D eigenvalue weighted by molar-refractivity contribution is -0.137. The zero-order valence-corrected chi connectivity index (χ0v) is 18.4. The minimum absolute atomic E-state index is 0.256. The van der Waals surface area contributed by atoms with Gasteiger partial charge in [0.05, 0.1) is 23.8 Å². The van der Waals surface area contributed by atoms with Crippen LogP contribution in [0.3, 0.4) is 0 Å². The van der Waals surface area contributed by atoms with Crippen LogP contribution in [0.25, 0.3) is 5.57 Å². The summed E-state index contributed by atoms with van der Waals surface area (Å²) in [7, 11) is 4.74. The summed E-state index contributed by atoms with van der Waals surface area (Å²) < 4.78 is 15.4. The number of rotatable bonds is 12. The Morgan fingerprint density at radius 3 is 2.10 bits per heavy atom. The first kappa shape index (κ1) is 23.6. The molecule has 160 valence electrons. The molecule has 0 aromatic heterocycles. The van der Waals surface area contributed by atoms with Gasteiger partial charge in [-0.25, -0.2) is 0 Å². The number of ether oxygens (including phenoxy) is 3. The van der Waals surface area contributed by atoms with Crippen LogP contribution in [0.5, 0.6) is 0 Å². The van der Waals surface area contributed by atoms with Crippen molar-refractivity contribution in [3.05, 3.63) is 39.5 Å². The smallest absolute Gasteiger partial charge is 0.277 e. The van der Waals surface area contributed by atoms with E-state index in [1.54, 1.807) is 39.5 Å². The fourth-order valence-corrected chi connectivity index (χ4v) is 3.60. The van der Waals surface area contributed by atoms with Crippen molar-refractivity contribution in [2.75, 3.05) is 60.8 Å². The van der Waals surface area contributed by atoms with Crippen molar-refractivity contribution in [1.82, 2.24) is 9.80 Å². The van der Waals surface area contributed by atoms with E-state index in [2.05, 4.69) is 0 Å². The monoisotopic (exact) mass is 444 g/mol.